The van der Waals surface area contributed by atoms with Crippen LogP contribution < -0.4 is 0 Å². The zero-order valence-electron chi connectivity index (χ0n) is 11.1. The van der Waals surface area contributed by atoms with E-state index in [0.717, 1.165) is 24.0 Å². The van der Waals surface area contributed by atoms with Crippen molar-refractivity contribution in [2.75, 3.05) is 33.7 Å². The number of rotatable bonds is 4. The maximum Gasteiger partial charge on any atom is 0.260 e. The minimum atomic E-state index is -3.48. The number of halogens is 1. The minimum Gasteiger partial charge on any atom is -0.306 e. The van der Waals surface area contributed by atoms with Crippen LogP contribution in [0.3, 0.4) is 0 Å². The van der Waals surface area contributed by atoms with Crippen LogP contribution in [-0.2, 0) is 10.0 Å². The maximum absolute atomic E-state index is 12.3. The molecule has 1 aliphatic heterocycles. The van der Waals surface area contributed by atoms with Crippen LogP contribution >= 0.6 is 15.9 Å². The van der Waals surface area contributed by atoms with Crippen LogP contribution in [0.15, 0.2) is 27.8 Å². The Balaban J connectivity index is 2.08. The summed E-state index contributed by atoms with van der Waals surface area (Å²) in [5, 5.41) is 0.101. The maximum atomic E-state index is 12.3. The van der Waals surface area contributed by atoms with E-state index in [0.29, 0.717) is 12.5 Å². The summed E-state index contributed by atoms with van der Waals surface area (Å²) >= 11 is 3.25. The van der Waals surface area contributed by atoms with Crippen LogP contribution in [0.1, 0.15) is 6.42 Å². The number of nitrogens with zero attached hydrogens (tertiary/aromatic N) is 3. The van der Waals surface area contributed by atoms with Crippen LogP contribution in [0.25, 0.3) is 0 Å². The largest absolute Gasteiger partial charge is 0.306 e. The van der Waals surface area contributed by atoms with E-state index in [-0.39, 0.29) is 5.03 Å². The summed E-state index contributed by atoms with van der Waals surface area (Å²) in [5.41, 5.74) is 0. The van der Waals surface area contributed by atoms with Crippen LogP contribution in [0.2, 0.25) is 0 Å². The molecule has 7 heteroatoms. The van der Waals surface area contributed by atoms with Crippen molar-refractivity contribution in [2.24, 2.45) is 5.92 Å². The molecular weight excluding hydrogens is 330 g/mol. The van der Waals surface area contributed by atoms with Gasteiger partial charge in [0.1, 0.15) is 0 Å². The van der Waals surface area contributed by atoms with Gasteiger partial charge in [-0.3, -0.25) is 0 Å². The average molecular weight is 348 g/mol. The van der Waals surface area contributed by atoms with Crippen LogP contribution in [0.4, 0.5) is 0 Å². The highest BCUT2D eigenvalue weighted by Crippen LogP contribution is 2.20. The Hall–Kier alpha value is -0.500. The van der Waals surface area contributed by atoms with Gasteiger partial charge in [-0.25, -0.2) is 13.4 Å². The van der Waals surface area contributed by atoms with Gasteiger partial charge in [0.05, 0.1) is 0 Å². The molecule has 0 saturated carbocycles. The van der Waals surface area contributed by atoms with Crippen molar-refractivity contribution in [1.29, 1.82) is 0 Å². The van der Waals surface area contributed by atoms with Gasteiger partial charge in [0.25, 0.3) is 10.0 Å². The van der Waals surface area contributed by atoms with Gasteiger partial charge >= 0.3 is 0 Å². The molecule has 19 heavy (non-hydrogen) atoms. The summed E-state index contributed by atoms with van der Waals surface area (Å²) in [6.45, 7) is 2.53. The quantitative estimate of drug-likeness (QED) is 0.826. The van der Waals surface area contributed by atoms with E-state index in [2.05, 4.69) is 32.9 Å². The second-order valence-electron chi connectivity index (χ2n) is 5.02. The van der Waals surface area contributed by atoms with Crippen molar-refractivity contribution in [2.45, 2.75) is 11.4 Å². The minimum absolute atomic E-state index is 0.101. The first-order chi connectivity index (χ1) is 8.89. The van der Waals surface area contributed by atoms with Crippen molar-refractivity contribution in [3.05, 3.63) is 22.8 Å². The Labute approximate surface area is 122 Å². The first-order valence-corrected chi connectivity index (χ1v) is 8.39. The highest BCUT2D eigenvalue weighted by Gasteiger charge is 2.27. The summed E-state index contributed by atoms with van der Waals surface area (Å²) in [4.78, 5) is 6.20. The van der Waals surface area contributed by atoms with Gasteiger partial charge in [0.2, 0.25) is 0 Å². The van der Waals surface area contributed by atoms with E-state index in [1.807, 2.05) is 0 Å². The molecule has 2 rings (SSSR count). The lowest BCUT2D eigenvalue weighted by atomic mass is 10.1. The average Bonchev–Trinajstić information content (AvgIpc) is 2.75. The van der Waals surface area contributed by atoms with E-state index < -0.39 is 10.0 Å². The number of sulfonamides is 1. The zero-order chi connectivity index (χ0) is 14.0. The van der Waals surface area contributed by atoms with E-state index in [4.69, 9.17) is 0 Å². The fraction of sp³-hybridized carbons (Fsp3) is 0.583. The third kappa shape index (κ3) is 3.53. The smallest absolute Gasteiger partial charge is 0.260 e. The van der Waals surface area contributed by atoms with Gasteiger partial charge in [-0.05, 0) is 54.0 Å². The molecule has 1 aliphatic rings. The Morgan fingerprint density at radius 3 is 2.79 bits per heavy atom. The molecule has 0 N–H and O–H groups in total. The van der Waals surface area contributed by atoms with Gasteiger partial charge in [-0.1, -0.05) is 0 Å². The molecule has 0 spiro atoms. The normalized spacial score (nSPS) is 21.2. The van der Waals surface area contributed by atoms with Crippen LogP contribution in [-0.4, -0.2) is 56.3 Å². The van der Waals surface area contributed by atoms with Crippen molar-refractivity contribution in [1.82, 2.24) is 14.2 Å². The van der Waals surface area contributed by atoms with Gasteiger partial charge in [0.15, 0.2) is 5.03 Å². The van der Waals surface area contributed by atoms with Crippen LogP contribution in [0, 0.1) is 5.92 Å². The number of pyridine rings is 1. The summed E-state index contributed by atoms with van der Waals surface area (Å²) < 4.78 is 26.9. The molecule has 0 radical (unpaired) electrons. The summed E-state index contributed by atoms with van der Waals surface area (Å²) in [6.07, 6.45) is 2.55. The molecule has 1 unspecified atom stereocenters. The Morgan fingerprint density at radius 1 is 1.53 bits per heavy atom. The summed E-state index contributed by atoms with van der Waals surface area (Å²) in [5.74, 6) is 0.403. The molecule has 0 amide bonds. The van der Waals surface area contributed by atoms with Crippen LogP contribution in [0.5, 0.6) is 0 Å². The molecular formula is C12H18BrN3O2S. The molecule has 1 aromatic rings. The van der Waals surface area contributed by atoms with Gasteiger partial charge < -0.3 is 4.90 Å². The molecule has 0 bridgehead atoms. The lowest BCUT2D eigenvalue weighted by Crippen LogP contribution is -2.33. The lowest BCUT2D eigenvalue weighted by Gasteiger charge is -2.20. The fourth-order valence-electron chi connectivity index (χ4n) is 2.31. The molecule has 5 nitrogen and oxygen atoms in total. The number of likely N-dealkylation sites (tertiary alicyclic amines) is 1. The topological polar surface area (TPSA) is 53.5 Å². The number of aromatic nitrogens is 1. The first kappa shape index (κ1) is 14.9. The highest BCUT2D eigenvalue weighted by atomic mass is 79.9. The number of hydrogen-bond donors (Lipinski definition) is 0. The third-order valence-corrected chi connectivity index (χ3v) is 5.59. The fourth-order valence-corrected chi connectivity index (χ4v) is 3.70. The second kappa shape index (κ2) is 5.87. The zero-order valence-corrected chi connectivity index (χ0v) is 13.5. The Morgan fingerprint density at radius 2 is 2.26 bits per heavy atom. The molecule has 1 saturated heterocycles. The number of hydrogen-bond acceptors (Lipinski definition) is 4. The molecule has 0 aromatic carbocycles. The van der Waals surface area contributed by atoms with Crippen molar-refractivity contribution in [3.8, 4) is 0 Å². The Kier molecular flexibility index (Phi) is 4.60. The van der Waals surface area contributed by atoms with Crippen molar-refractivity contribution < 1.29 is 8.42 Å². The predicted molar refractivity (Wildman–Crippen MR) is 77.4 cm³/mol. The molecule has 1 aromatic heterocycles. The summed E-state index contributed by atoms with van der Waals surface area (Å²) in [7, 11) is 0.205. The molecule has 106 valence electrons. The van der Waals surface area contributed by atoms with Gasteiger partial charge in [-0.2, -0.15) is 4.31 Å². The van der Waals surface area contributed by atoms with Crippen molar-refractivity contribution in [3.63, 3.8) is 0 Å². The SMILES string of the molecule is CN1CCC(CN(C)S(=O)(=O)c2ccc(Br)cn2)C1. The second-order valence-corrected chi connectivity index (χ2v) is 7.92. The third-order valence-electron chi connectivity index (χ3n) is 3.38. The molecule has 0 aliphatic carbocycles. The van der Waals surface area contributed by atoms with Gasteiger partial charge in [-0.15, -0.1) is 0 Å². The lowest BCUT2D eigenvalue weighted by molar-refractivity contribution is 0.356. The van der Waals surface area contributed by atoms with E-state index in [1.54, 1.807) is 13.1 Å². The van der Waals surface area contributed by atoms with E-state index >= 15 is 0 Å². The van der Waals surface area contributed by atoms with E-state index in [1.165, 1.54) is 16.6 Å². The van der Waals surface area contributed by atoms with Crippen molar-refractivity contribution >= 4 is 26.0 Å². The molecule has 1 atom stereocenters. The van der Waals surface area contributed by atoms with Gasteiger partial charge in [0, 0.05) is 30.8 Å². The van der Waals surface area contributed by atoms with E-state index in [9.17, 15) is 8.42 Å². The molecule has 2 heterocycles. The standard InChI is InChI=1S/C12H18BrN3O2S/c1-15-6-5-10(8-15)9-16(2)19(17,18)12-4-3-11(13)7-14-12/h3-4,7,10H,5-6,8-9H2,1-2H3. The predicted octanol–water partition coefficient (Wildman–Crippen LogP) is 1.42. The first-order valence-electron chi connectivity index (χ1n) is 6.16. The highest BCUT2D eigenvalue weighted by molar-refractivity contribution is 9.10. The Bertz CT molecular complexity index is 532. The summed E-state index contributed by atoms with van der Waals surface area (Å²) in [6, 6.07) is 3.22. The molecule has 1 fully saturated rings. The monoisotopic (exact) mass is 347 g/mol.